The predicted molar refractivity (Wildman–Crippen MR) is 59.4 cm³/mol. The van der Waals surface area contributed by atoms with Gasteiger partial charge in [0.25, 0.3) is 0 Å². The average molecular weight is 253 g/mol. The maximum atomic E-state index is 13.1. The second kappa shape index (κ2) is 4.47. The number of carboxylic acid groups (broad SMARTS) is 1. The number of carboxylic acids is 1. The number of carbonyl (C=O) groups is 1. The monoisotopic (exact) mass is 252 g/mol. The van der Waals surface area contributed by atoms with E-state index in [-0.39, 0.29) is 10.7 Å². The van der Waals surface area contributed by atoms with Crippen LogP contribution in [0.15, 0.2) is 30.6 Å². The molecular weight excluding hydrogens is 247 g/mol. The van der Waals surface area contributed by atoms with Crippen LogP contribution in [0.25, 0.3) is 11.3 Å². The second-order valence-corrected chi connectivity index (χ2v) is 3.69. The summed E-state index contributed by atoms with van der Waals surface area (Å²) in [5.74, 6) is -1.68. The molecule has 0 saturated heterocycles. The molecule has 0 aliphatic carbocycles. The van der Waals surface area contributed by atoms with Crippen molar-refractivity contribution in [2.45, 2.75) is 0 Å². The molecule has 86 valence electrons. The van der Waals surface area contributed by atoms with Gasteiger partial charge in [-0.25, -0.2) is 19.2 Å². The van der Waals surface area contributed by atoms with Gasteiger partial charge in [-0.15, -0.1) is 0 Å². The Morgan fingerprint density at radius 2 is 2.00 bits per heavy atom. The van der Waals surface area contributed by atoms with Gasteiger partial charge in [-0.3, -0.25) is 0 Å². The summed E-state index contributed by atoms with van der Waals surface area (Å²) in [5, 5.41) is 8.99. The summed E-state index contributed by atoms with van der Waals surface area (Å²) in [7, 11) is 0. The molecule has 0 spiro atoms. The third kappa shape index (κ3) is 2.57. The fraction of sp³-hybridized carbons (Fsp3) is 0. The first-order valence-corrected chi connectivity index (χ1v) is 4.96. The highest BCUT2D eigenvalue weighted by Crippen LogP contribution is 2.22. The van der Waals surface area contributed by atoms with Crippen LogP contribution < -0.4 is 0 Å². The van der Waals surface area contributed by atoms with Gasteiger partial charge in [-0.05, 0) is 24.3 Å². The first-order chi connectivity index (χ1) is 8.06. The largest absolute Gasteiger partial charge is 0.477 e. The summed E-state index contributed by atoms with van der Waals surface area (Å²) in [6, 6.07) is 5.14. The van der Waals surface area contributed by atoms with Gasteiger partial charge in [0, 0.05) is 10.6 Å². The minimum atomic E-state index is -1.17. The molecule has 0 radical (unpaired) electrons. The van der Waals surface area contributed by atoms with Crippen molar-refractivity contribution in [3.63, 3.8) is 0 Å². The fourth-order valence-electron chi connectivity index (χ4n) is 1.33. The standard InChI is InChI=1S/C11H6ClFN2O2/c12-7-1-6(2-8(13)3-7)9-4-10(11(16)17)15-5-14-9/h1-5H,(H,16,17). The van der Waals surface area contributed by atoms with E-state index in [1.807, 2.05) is 0 Å². The van der Waals surface area contributed by atoms with Gasteiger partial charge in [0.1, 0.15) is 12.1 Å². The van der Waals surface area contributed by atoms with Crippen LogP contribution in [0.4, 0.5) is 4.39 Å². The minimum Gasteiger partial charge on any atom is -0.477 e. The van der Waals surface area contributed by atoms with Crippen LogP contribution in [0.1, 0.15) is 10.5 Å². The molecule has 0 unspecified atom stereocenters. The van der Waals surface area contributed by atoms with Gasteiger partial charge < -0.3 is 5.11 Å². The quantitative estimate of drug-likeness (QED) is 0.892. The molecule has 1 aromatic heterocycles. The molecule has 2 rings (SSSR count). The van der Waals surface area contributed by atoms with Crippen LogP contribution >= 0.6 is 11.6 Å². The molecular formula is C11H6ClFN2O2. The van der Waals surface area contributed by atoms with Crippen LogP contribution in [0.2, 0.25) is 5.02 Å². The van der Waals surface area contributed by atoms with Gasteiger partial charge in [-0.1, -0.05) is 11.6 Å². The van der Waals surface area contributed by atoms with Crippen molar-refractivity contribution in [1.82, 2.24) is 9.97 Å². The zero-order valence-electron chi connectivity index (χ0n) is 8.39. The van der Waals surface area contributed by atoms with Crippen LogP contribution in [0.3, 0.4) is 0 Å². The van der Waals surface area contributed by atoms with Gasteiger partial charge in [0.05, 0.1) is 5.69 Å². The number of rotatable bonds is 2. The van der Waals surface area contributed by atoms with Crippen LogP contribution in [-0.2, 0) is 0 Å². The Kier molecular flexibility index (Phi) is 3.01. The normalized spacial score (nSPS) is 10.2. The summed E-state index contributed by atoms with van der Waals surface area (Å²) in [6.45, 7) is 0. The summed E-state index contributed by atoms with van der Waals surface area (Å²) >= 11 is 5.70. The van der Waals surface area contributed by atoms with E-state index in [0.717, 1.165) is 12.4 Å². The molecule has 0 aliphatic rings. The van der Waals surface area contributed by atoms with E-state index in [0.29, 0.717) is 11.3 Å². The molecule has 0 bridgehead atoms. The summed E-state index contributed by atoms with van der Waals surface area (Å²) in [6.07, 6.45) is 1.11. The number of hydrogen-bond donors (Lipinski definition) is 1. The van der Waals surface area contributed by atoms with Crippen molar-refractivity contribution in [2.75, 3.05) is 0 Å². The number of benzene rings is 1. The van der Waals surface area contributed by atoms with Crippen molar-refractivity contribution in [3.05, 3.63) is 47.1 Å². The highest BCUT2D eigenvalue weighted by Gasteiger charge is 2.09. The topological polar surface area (TPSA) is 63.1 Å². The number of aromatic carboxylic acids is 1. The van der Waals surface area contributed by atoms with Crippen molar-refractivity contribution >= 4 is 17.6 Å². The lowest BCUT2D eigenvalue weighted by Crippen LogP contribution is -2.01. The molecule has 4 nitrogen and oxygen atoms in total. The maximum absolute atomic E-state index is 13.1. The maximum Gasteiger partial charge on any atom is 0.354 e. The van der Waals surface area contributed by atoms with E-state index in [1.165, 1.54) is 18.2 Å². The Labute approximate surface area is 101 Å². The van der Waals surface area contributed by atoms with E-state index in [2.05, 4.69) is 9.97 Å². The summed E-state index contributed by atoms with van der Waals surface area (Å²) < 4.78 is 13.1. The van der Waals surface area contributed by atoms with Crippen LogP contribution in [0.5, 0.6) is 0 Å². The lowest BCUT2D eigenvalue weighted by Gasteiger charge is -2.02. The zero-order valence-corrected chi connectivity index (χ0v) is 9.15. The molecule has 1 N–H and O–H groups in total. The highest BCUT2D eigenvalue weighted by molar-refractivity contribution is 6.30. The van der Waals surface area contributed by atoms with E-state index in [9.17, 15) is 9.18 Å². The Bertz CT molecular complexity index is 569. The number of aromatic nitrogens is 2. The first kappa shape index (κ1) is 11.5. The van der Waals surface area contributed by atoms with E-state index < -0.39 is 11.8 Å². The van der Waals surface area contributed by atoms with Gasteiger partial charge in [-0.2, -0.15) is 0 Å². The third-order valence-corrected chi connectivity index (χ3v) is 2.26. The van der Waals surface area contributed by atoms with Crippen molar-refractivity contribution in [1.29, 1.82) is 0 Å². The minimum absolute atomic E-state index is 0.157. The molecule has 0 amide bonds. The summed E-state index contributed by atoms with van der Waals surface area (Å²) in [4.78, 5) is 18.2. The molecule has 2 aromatic rings. The lowest BCUT2D eigenvalue weighted by molar-refractivity contribution is 0.0690. The fourth-order valence-corrected chi connectivity index (χ4v) is 1.56. The molecule has 0 aliphatic heterocycles. The van der Waals surface area contributed by atoms with Gasteiger partial charge in [0.2, 0.25) is 0 Å². The predicted octanol–water partition coefficient (Wildman–Crippen LogP) is 2.63. The summed E-state index contributed by atoms with van der Waals surface area (Å²) in [5.41, 5.74) is 0.550. The Hall–Kier alpha value is -2.01. The molecule has 1 heterocycles. The Balaban J connectivity index is 2.52. The van der Waals surface area contributed by atoms with Crippen molar-refractivity contribution in [3.8, 4) is 11.3 Å². The zero-order chi connectivity index (χ0) is 12.4. The molecule has 17 heavy (non-hydrogen) atoms. The lowest BCUT2D eigenvalue weighted by atomic mass is 10.1. The Morgan fingerprint density at radius 1 is 1.24 bits per heavy atom. The Morgan fingerprint density at radius 3 is 2.65 bits per heavy atom. The van der Waals surface area contributed by atoms with Crippen molar-refractivity contribution < 1.29 is 14.3 Å². The highest BCUT2D eigenvalue weighted by atomic mass is 35.5. The smallest absolute Gasteiger partial charge is 0.354 e. The van der Waals surface area contributed by atoms with Gasteiger partial charge >= 0.3 is 5.97 Å². The van der Waals surface area contributed by atoms with Crippen LogP contribution in [-0.4, -0.2) is 21.0 Å². The van der Waals surface area contributed by atoms with E-state index >= 15 is 0 Å². The first-order valence-electron chi connectivity index (χ1n) is 4.58. The van der Waals surface area contributed by atoms with Crippen LogP contribution in [0, 0.1) is 5.82 Å². The number of nitrogens with zero attached hydrogens (tertiary/aromatic N) is 2. The average Bonchev–Trinajstić information content (AvgIpc) is 2.28. The second-order valence-electron chi connectivity index (χ2n) is 3.25. The molecule has 1 aromatic carbocycles. The SMILES string of the molecule is O=C(O)c1cc(-c2cc(F)cc(Cl)c2)ncn1. The number of halogens is 2. The number of hydrogen-bond acceptors (Lipinski definition) is 3. The van der Waals surface area contributed by atoms with Crippen molar-refractivity contribution in [2.24, 2.45) is 0 Å². The molecule has 0 atom stereocenters. The molecule has 6 heteroatoms. The third-order valence-electron chi connectivity index (χ3n) is 2.04. The molecule has 0 saturated carbocycles. The molecule has 0 fully saturated rings. The van der Waals surface area contributed by atoms with E-state index in [1.54, 1.807) is 0 Å². The van der Waals surface area contributed by atoms with Gasteiger partial charge in [0.15, 0.2) is 5.69 Å². The van der Waals surface area contributed by atoms with E-state index in [4.69, 9.17) is 16.7 Å².